The molecule has 0 amide bonds. The number of H-pyrrole nitrogens is 2. The van der Waals surface area contributed by atoms with Crippen molar-refractivity contribution in [1.29, 1.82) is 0 Å². The molecule has 0 aromatic carbocycles. The lowest BCUT2D eigenvalue weighted by molar-refractivity contribution is -0.705. The van der Waals surface area contributed by atoms with Crippen molar-refractivity contribution in [3.63, 3.8) is 0 Å². The molecule has 2 rings (SSSR count). The van der Waals surface area contributed by atoms with Gasteiger partial charge in [-0.2, -0.15) is 0 Å². The van der Waals surface area contributed by atoms with E-state index in [1.807, 2.05) is 36.7 Å². The fourth-order valence-electron chi connectivity index (χ4n) is 1.50. The highest BCUT2D eigenvalue weighted by Crippen LogP contribution is 1.85. The molecule has 0 bridgehead atoms. The summed E-state index contributed by atoms with van der Waals surface area (Å²) in [4.78, 5) is 6.43. The Morgan fingerprint density at radius 1 is 0.722 bits per heavy atom. The Balaban J connectivity index is 0. The Kier molecular flexibility index (Phi) is 12.2. The molecule has 3 nitrogen and oxygen atoms in total. The lowest BCUT2D eigenvalue weighted by Gasteiger charge is -1.94. The first-order valence-corrected chi connectivity index (χ1v) is 5.18. The van der Waals surface area contributed by atoms with Crippen LogP contribution in [0.1, 0.15) is 11.4 Å². The summed E-state index contributed by atoms with van der Waals surface area (Å²) in [5.74, 6) is 0. The molecule has 0 fully saturated rings. The van der Waals surface area contributed by atoms with Gasteiger partial charge in [-0.05, 0) is 12.1 Å². The van der Waals surface area contributed by atoms with Crippen LogP contribution >= 0.6 is 0 Å². The Morgan fingerprint density at radius 3 is 1.50 bits per heavy atom. The molecular formula is C12H16Cl3N3. The highest BCUT2D eigenvalue weighted by molar-refractivity contribution is 4.95. The summed E-state index contributed by atoms with van der Waals surface area (Å²) in [6.45, 7) is 1.95. The molecule has 0 aliphatic rings. The molecule has 2 heterocycles. The van der Waals surface area contributed by atoms with Crippen molar-refractivity contribution >= 4 is 0 Å². The third-order valence-electron chi connectivity index (χ3n) is 2.28. The quantitative estimate of drug-likeness (QED) is 0.583. The van der Waals surface area contributed by atoms with Gasteiger partial charge in [0.1, 0.15) is 0 Å². The number of rotatable bonds is 4. The molecule has 100 valence electrons. The molecule has 0 spiro atoms. The van der Waals surface area contributed by atoms with Crippen LogP contribution in [-0.4, -0.2) is 0 Å². The molecule has 18 heavy (non-hydrogen) atoms. The van der Waals surface area contributed by atoms with Crippen LogP contribution < -0.4 is 52.5 Å². The molecule has 6 heteroatoms. The minimum atomic E-state index is 0. The van der Waals surface area contributed by atoms with Crippen molar-refractivity contribution in [2.24, 2.45) is 0 Å². The summed E-state index contributed by atoms with van der Waals surface area (Å²) in [7, 11) is 0. The van der Waals surface area contributed by atoms with Gasteiger partial charge in [0.2, 0.25) is 11.4 Å². The van der Waals surface area contributed by atoms with Crippen molar-refractivity contribution < 1.29 is 52.5 Å². The summed E-state index contributed by atoms with van der Waals surface area (Å²) in [5, 5.41) is 2.26. The number of halogens is 3. The summed E-state index contributed by atoms with van der Waals surface area (Å²) in [6, 6.07) is 12.3. The van der Waals surface area contributed by atoms with E-state index in [-0.39, 0.29) is 37.2 Å². The van der Waals surface area contributed by atoms with Gasteiger partial charge in [-0.25, -0.2) is 9.97 Å². The molecular weight excluding hydrogens is 293 g/mol. The average Bonchev–Trinajstić information content (AvgIpc) is 2.32. The van der Waals surface area contributed by atoms with Crippen molar-refractivity contribution in [3.8, 4) is 0 Å². The van der Waals surface area contributed by atoms with Crippen molar-refractivity contribution in [2.75, 3.05) is 0 Å². The lowest BCUT2D eigenvalue weighted by Crippen LogP contribution is -3.00. The highest BCUT2D eigenvalue weighted by atomic mass is 35.5. The van der Waals surface area contributed by atoms with Crippen molar-refractivity contribution in [3.05, 3.63) is 60.2 Å². The SMILES string of the molecule is [Cl-].[Cl-].[Cl-].c1ccc(C[NH2+]Cc2cccc[nH+]2)[nH+]c1. The molecule has 4 N–H and O–H groups in total. The van der Waals surface area contributed by atoms with Gasteiger partial charge in [0.05, 0.1) is 0 Å². The zero-order chi connectivity index (χ0) is 10.3. The van der Waals surface area contributed by atoms with E-state index in [1.54, 1.807) is 0 Å². The number of aromatic nitrogens is 2. The molecule has 2 aromatic rings. The second-order valence-corrected chi connectivity index (χ2v) is 3.47. The summed E-state index contributed by atoms with van der Waals surface area (Å²) >= 11 is 0. The van der Waals surface area contributed by atoms with Crippen molar-refractivity contribution in [2.45, 2.75) is 13.1 Å². The van der Waals surface area contributed by atoms with Crippen LogP contribution in [0.2, 0.25) is 0 Å². The second kappa shape index (κ2) is 11.2. The predicted molar refractivity (Wildman–Crippen MR) is 55.3 cm³/mol. The molecule has 2 aromatic heterocycles. The number of aromatic amines is 2. The fraction of sp³-hybridized carbons (Fsp3) is 0.167. The first kappa shape index (κ1) is 19.5. The van der Waals surface area contributed by atoms with E-state index in [0.29, 0.717) is 0 Å². The maximum Gasteiger partial charge on any atom is 0.234 e. The number of hydrogen-bond donors (Lipinski definition) is 1. The average molecular weight is 309 g/mol. The summed E-state index contributed by atoms with van der Waals surface area (Å²) < 4.78 is 0. The zero-order valence-corrected chi connectivity index (χ0v) is 12.0. The van der Waals surface area contributed by atoms with E-state index >= 15 is 0 Å². The largest absolute Gasteiger partial charge is 1.00 e. The summed E-state index contributed by atoms with van der Waals surface area (Å²) in [5.41, 5.74) is 2.49. The molecule has 0 aliphatic heterocycles. The van der Waals surface area contributed by atoms with Crippen LogP contribution in [0.5, 0.6) is 0 Å². The number of hydrogen-bond acceptors (Lipinski definition) is 0. The molecule has 0 saturated carbocycles. The van der Waals surface area contributed by atoms with E-state index in [2.05, 4.69) is 27.4 Å². The first-order valence-electron chi connectivity index (χ1n) is 5.18. The third kappa shape index (κ3) is 6.77. The van der Waals surface area contributed by atoms with Crippen LogP contribution in [0.4, 0.5) is 0 Å². The minimum absolute atomic E-state index is 0. The molecule has 0 aliphatic carbocycles. The van der Waals surface area contributed by atoms with Crippen LogP contribution in [0, 0.1) is 0 Å². The molecule has 0 atom stereocenters. The normalized spacial score (nSPS) is 8.44. The molecule has 0 unspecified atom stereocenters. The van der Waals surface area contributed by atoms with Gasteiger partial charge in [0, 0.05) is 24.3 Å². The van der Waals surface area contributed by atoms with Crippen LogP contribution in [0.25, 0.3) is 0 Å². The summed E-state index contributed by atoms with van der Waals surface area (Å²) in [6.07, 6.45) is 3.91. The molecule has 0 radical (unpaired) electrons. The maximum absolute atomic E-state index is 3.21. The van der Waals surface area contributed by atoms with Crippen LogP contribution in [0.15, 0.2) is 48.8 Å². The van der Waals surface area contributed by atoms with Gasteiger partial charge in [0.25, 0.3) is 0 Å². The van der Waals surface area contributed by atoms with E-state index < -0.39 is 0 Å². The minimum Gasteiger partial charge on any atom is -1.00 e. The van der Waals surface area contributed by atoms with E-state index in [0.717, 1.165) is 13.1 Å². The second-order valence-electron chi connectivity index (χ2n) is 3.47. The van der Waals surface area contributed by atoms with Crippen LogP contribution in [0.3, 0.4) is 0 Å². The Bertz CT molecular complexity index is 358. The lowest BCUT2D eigenvalue weighted by atomic mass is 10.3. The zero-order valence-electron chi connectivity index (χ0n) is 9.74. The Hall–Kier alpha value is -0.870. The van der Waals surface area contributed by atoms with Gasteiger partial charge in [0.15, 0.2) is 25.5 Å². The van der Waals surface area contributed by atoms with Gasteiger partial charge in [-0.1, -0.05) is 0 Å². The standard InChI is InChI=1S/C12H13N3.3ClH/c1-3-7-14-11(5-1)9-13-10-12-6-2-4-8-15-12;;;/h1-8,13H,9-10H2;3*1H. The number of pyridine rings is 2. The van der Waals surface area contributed by atoms with Gasteiger partial charge in [-0.15, -0.1) is 0 Å². The van der Waals surface area contributed by atoms with Crippen molar-refractivity contribution in [1.82, 2.24) is 0 Å². The predicted octanol–water partition coefficient (Wildman–Crippen LogP) is -9.41. The Labute approximate surface area is 126 Å². The highest BCUT2D eigenvalue weighted by Gasteiger charge is 2.04. The number of quaternary nitrogens is 1. The molecule has 0 saturated heterocycles. The Morgan fingerprint density at radius 2 is 1.17 bits per heavy atom. The maximum atomic E-state index is 3.21. The van der Waals surface area contributed by atoms with E-state index in [4.69, 9.17) is 0 Å². The number of nitrogens with two attached hydrogens (primary N) is 1. The first-order chi connectivity index (χ1) is 7.45. The monoisotopic (exact) mass is 307 g/mol. The fourth-order valence-corrected chi connectivity index (χ4v) is 1.50. The van der Waals surface area contributed by atoms with E-state index in [9.17, 15) is 0 Å². The van der Waals surface area contributed by atoms with Gasteiger partial charge in [-0.3, -0.25) is 0 Å². The van der Waals surface area contributed by atoms with Gasteiger partial charge < -0.3 is 42.5 Å². The third-order valence-corrected chi connectivity index (χ3v) is 2.28. The van der Waals surface area contributed by atoms with Crippen LogP contribution in [-0.2, 0) is 13.1 Å². The topological polar surface area (TPSA) is 44.9 Å². The van der Waals surface area contributed by atoms with E-state index in [1.165, 1.54) is 11.4 Å². The number of nitrogens with one attached hydrogen (secondary N) is 2. The van der Waals surface area contributed by atoms with Gasteiger partial charge >= 0.3 is 0 Å². The smallest absolute Gasteiger partial charge is 0.234 e.